The van der Waals surface area contributed by atoms with Gasteiger partial charge in [0.1, 0.15) is 0 Å². The molecule has 1 heterocycles. The lowest BCUT2D eigenvalue weighted by molar-refractivity contribution is 0.0953. The zero-order valence-corrected chi connectivity index (χ0v) is 15.7. The van der Waals surface area contributed by atoms with Crippen LogP contribution in [0.3, 0.4) is 0 Å². The molecule has 0 saturated carbocycles. The third-order valence-corrected chi connectivity index (χ3v) is 4.43. The predicted molar refractivity (Wildman–Crippen MR) is 108 cm³/mol. The standard InChI is InChI=1S/C22H24N4O/c1-3-18-11-7-8-16(2)20(18)26-22-24-14-19(15-25-22)21(27)23-13-12-17-9-5-4-6-10-17/h4-11,14-15H,3,12-13H2,1-2H3,(H,23,27)(H,24,25,26). The Morgan fingerprint density at radius 3 is 2.44 bits per heavy atom. The number of nitrogens with zero attached hydrogens (tertiary/aromatic N) is 2. The molecule has 3 aromatic rings. The van der Waals surface area contributed by atoms with E-state index in [1.165, 1.54) is 11.1 Å². The molecule has 138 valence electrons. The van der Waals surface area contributed by atoms with Gasteiger partial charge in [-0.25, -0.2) is 9.97 Å². The Hall–Kier alpha value is -3.21. The zero-order chi connectivity index (χ0) is 19.1. The van der Waals surface area contributed by atoms with E-state index in [2.05, 4.69) is 46.6 Å². The Morgan fingerprint density at radius 2 is 1.74 bits per heavy atom. The van der Waals surface area contributed by atoms with E-state index >= 15 is 0 Å². The Bertz CT molecular complexity index is 892. The molecule has 0 unspecified atom stereocenters. The molecule has 0 atom stereocenters. The summed E-state index contributed by atoms with van der Waals surface area (Å²) in [5, 5.41) is 6.17. The van der Waals surface area contributed by atoms with Crippen LogP contribution in [0.25, 0.3) is 0 Å². The molecule has 27 heavy (non-hydrogen) atoms. The van der Waals surface area contributed by atoms with Crippen LogP contribution in [0.4, 0.5) is 11.6 Å². The van der Waals surface area contributed by atoms with Crippen LogP contribution in [0, 0.1) is 6.92 Å². The Morgan fingerprint density at radius 1 is 1.00 bits per heavy atom. The maximum atomic E-state index is 12.2. The number of benzene rings is 2. The van der Waals surface area contributed by atoms with Crippen molar-refractivity contribution in [1.29, 1.82) is 0 Å². The summed E-state index contributed by atoms with van der Waals surface area (Å²) in [4.78, 5) is 20.8. The zero-order valence-electron chi connectivity index (χ0n) is 15.7. The summed E-state index contributed by atoms with van der Waals surface area (Å²) in [6.07, 6.45) is 4.82. The SMILES string of the molecule is CCc1cccc(C)c1Nc1ncc(C(=O)NCCc2ccccc2)cn1. The summed E-state index contributed by atoms with van der Waals surface area (Å²) < 4.78 is 0. The normalized spacial score (nSPS) is 10.4. The lowest BCUT2D eigenvalue weighted by Gasteiger charge is -2.13. The summed E-state index contributed by atoms with van der Waals surface area (Å²) in [7, 11) is 0. The molecule has 0 aliphatic rings. The van der Waals surface area contributed by atoms with Crippen LogP contribution in [0.5, 0.6) is 0 Å². The predicted octanol–water partition coefficient (Wildman–Crippen LogP) is 4.06. The quantitative estimate of drug-likeness (QED) is 0.667. The molecule has 3 rings (SSSR count). The van der Waals surface area contributed by atoms with Gasteiger partial charge in [0.25, 0.3) is 5.91 Å². The van der Waals surface area contributed by atoms with Gasteiger partial charge in [0.15, 0.2) is 0 Å². The molecule has 0 radical (unpaired) electrons. The molecule has 5 nitrogen and oxygen atoms in total. The molecule has 0 aliphatic carbocycles. The van der Waals surface area contributed by atoms with E-state index in [9.17, 15) is 4.79 Å². The first-order valence-corrected chi connectivity index (χ1v) is 9.17. The second-order valence-corrected chi connectivity index (χ2v) is 6.37. The van der Waals surface area contributed by atoms with Gasteiger partial charge in [-0.2, -0.15) is 0 Å². The van der Waals surface area contributed by atoms with Crippen LogP contribution in [0.2, 0.25) is 0 Å². The van der Waals surface area contributed by atoms with Gasteiger partial charge in [-0.1, -0.05) is 55.5 Å². The lowest BCUT2D eigenvalue weighted by Crippen LogP contribution is -2.26. The Balaban J connectivity index is 1.59. The summed E-state index contributed by atoms with van der Waals surface area (Å²) in [6.45, 7) is 4.74. The Labute approximate surface area is 159 Å². The highest BCUT2D eigenvalue weighted by atomic mass is 16.1. The van der Waals surface area contributed by atoms with E-state index in [0.717, 1.165) is 24.1 Å². The first-order chi connectivity index (χ1) is 13.2. The highest BCUT2D eigenvalue weighted by molar-refractivity contribution is 5.93. The lowest BCUT2D eigenvalue weighted by atomic mass is 10.1. The third-order valence-electron chi connectivity index (χ3n) is 4.43. The number of hydrogen-bond donors (Lipinski definition) is 2. The molecular weight excluding hydrogens is 336 g/mol. The molecule has 0 aliphatic heterocycles. The van der Waals surface area contributed by atoms with Crippen molar-refractivity contribution >= 4 is 17.5 Å². The van der Waals surface area contributed by atoms with Crippen LogP contribution in [-0.4, -0.2) is 22.4 Å². The van der Waals surface area contributed by atoms with E-state index < -0.39 is 0 Å². The third kappa shape index (κ3) is 4.91. The number of carbonyl (C=O) groups excluding carboxylic acids is 1. The van der Waals surface area contributed by atoms with E-state index in [1.54, 1.807) is 12.4 Å². The van der Waals surface area contributed by atoms with Crippen LogP contribution in [0.1, 0.15) is 34.0 Å². The molecule has 2 aromatic carbocycles. The first-order valence-electron chi connectivity index (χ1n) is 9.17. The Kier molecular flexibility index (Phi) is 6.15. The molecule has 5 heteroatoms. The van der Waals surface area contributed by atoms with Crippen LogP contribution < -0.4 is 10.6 Å². The van der Waals surface area contributed by atoms with E-state index in [0.29, 0.717) is 18.1 Å². The van der Waals surface area contributed by atoms with Crippen molar-refractivity contribution in [2.24, 2.45) is 0 Å². The fourth-order valence-corrected chi connectivity index (χ4v) is 2.89. The largest absolute Gasteiger partial charge is 0.352 e. The van der Waals surface area contributed by atoms with Crippen molar-refractivity contribution in [2.75, 3.05) is 11.9 Å². The monoisotopic (exact) mass is 360 g/mol. The smallest absolute Gasteiger partial charge is 0.254 e. The molecule has 2 N–H and O–H groups in total. The van der Waals surface area contributed by atoms with Gasteiger partial charge >= 0.3 is 0 Å². The molecule has 0 saturated heterocycles. The summed E-state index contributed by atoms with van der Waals surface area (Å²) >= 11 is 0. The van der Waals surface area contributed by atoms with Crippen molar-refractivity contribution < 1.29 is 4.79 Å². The minimum Gasteiger partial charge on any atom is -0.352 e. The number of amides is 1. The van der Waals surface area contributed by atoms with Gasteiger partial charge in [-0.3, -0.25) is 4.79 Å². The maximum Gasteiger partial charge on any atom is 0.254 e. The van der Waals surface area contributed by atoms with Crippen molar-refractivity contribution in [2.45, 2.75) is 26.7 Å². The number of para-hydroxylation sites is 1. The molecule has 1 amide bonds. The molecular formula is C22H24N4O. The van der Waals surface area contributed by atoms with Crippen LogP contribution in [0.15, 0.2) is 60.9 Å². The number of nitrogens with one attached hydrogen (secondary N) is 2. The van der Waals surface area contributed by atoms with E-state index in [4.69, 9.17) is 0 Å². The topological polar surface area (TPSA) is 66.9 Å². The molecule has 0 spiro atoms. The van der Waals surface area contributed by atoms with Crippen LogP contribution in [-0.2, 0) is 12.8 Å². The fourth-order valence-electron chi connectivity index (χ4n) is 2.89. The first kappa shape index (κ1) is 18.6. The summed E-state index contributed by atoms with van der Waals surface area (Å²) in [5.74, 6) is 0.322. The number of aromatic nitrogens is 2. The highest BCUT2D eigenvalue weighted by Gasteiger charge is 2.09. The van der Waals surface area contributed by atoms with Crippen molar-refractivity contribution in [3.05, 3.63) is 83.2 Å². The maximum absolute atomic E-state index is 12.2. The van der Waals surface area contributed by atoms with Gasteiger partial charge in [-0.05, 0) is 36.5 Å². The number of aryl methyl sites for hydroxylation is 2. The van der Waals surface area contributed by atoms with Gasteiger partial charge < -0.3 is 10.6 Å². The number of rotatable bonds is 7. The van der Waals surface area contributed by atoms with Crippen LogP contribution >= 0.6 is 0 Å². The number of carbonyl (C=O) groups is 1. The van der Waals surface area contributed by atoms with Crippen molar-refractivity contribution in [3.63, 3.8) is 0 Å². The second-order valence-electron chi connectivity index (χ2n) is 6.37. The van der Waals surface area contributed by atoms with E-state index in [-0.39, 0.29) is 5.91 Å². The summed E-state index contributed by atoms with van der Waals surface area (Å²) in [5.41, 5.74) is 5.02. The molecule has 0 bridgehead atoms. The van der Waals surface area contributed by atoms with Gasteiger partial charge in [0.2, 0.25) is 5.95 Å². The van der Waals surface area contributed by atoms with Gasteiger partial charge in [-0.15, -0.1) is 0 Å². The van der Waals surface area contributed by atoms with E-state index in [1.807, 2.05) is 36.4 Å². The summed E-state index contributed by atoms with van der Waals surface area (Å²) in [6, 6.07) is 16.3. The number of hydrogen-bond acceptors (Lipinski definition) is 4. The van der Waals surface area contributed by atoms with Gasteiger partial charge in [0.05, 0.1) is 5.56 Å². The minimum atomic E-state index is -0.164. The fraction of sp³-hybridized carbons (Fsp3) is 0.227. The van der Waals surface area contributed by atoms with Crippen molar-refractivity contribution in [1.82, 2.24) is 15.3 Å². The van der Waals surface area contributed by atoms with Gasteiger partial charge in [0, 0.05) is 24.6 Å². The second kappa shape index (κ2) is 8.94. The highest BCUT2D eigenvalue weighted by Crippen LogP contribution is 2.23. The number of anilines is 2. The minimum absolute atomic E-state index is 0.164. The average Bonchev–Trinajstić information content (AvgIpc) is 2.71. The molecule has 0 fully saturated rings. The average molecular weight is 360 g/mol. The van der Waals surface area contributed by atoms with Crippen molar-refractivity contribution in [3.8, 4) is 0 Å². The molecule has 1 aromatic heterocycles.